The molecular formula is C24H21ClN2O2. The van der Waals surface area contributed by atoms with Gasteiger partial charge in [0.25, 0.3) is 5.91 Å². The predicted molar refractivity (Wildman–Crippen MR) is 113 cm³/mol. The summed E-state index contributed by atoms with van der Waals surface area (Å²) < 4.78 is 5.29. The summed E-state index contributed by atoms with van der Waals surface area (Å²) in [6.07, 6.45) is 6.99. The van der Waals surface area contributed by atoms with Crippen molar-refractivity contribution in [2.75, 3.05) is 13.1 Å². The third-order valence-electron chi connectivity index (χ3n) is 5.87. The van der Waals surface area contributed by atoms with Crippen molar-refractivity contribution in [3.8, 4) is 0 Å². The summed E-state index contributed by atoms with van der Waals surface area (Å²) in [5, 5.41) is 0.769. The first kappa shape index (κ1) is 18.2. The number of aromatic nitrogens is 1. The normalized spacial score (nSPS) is 16.2. The van der Waals surface area contributed by atoms with Gasteiger partial charge in [0, 0.05) is 29.9 Å². The fourth-order valence-corrected chi connectivity index (χ4v) is 4.61. The number of halogens is 1. The fraction of sp³-hybridized carbons (Fsp3) is 0.250. The lowest BCUT2D eigenvalue weighted by atomic mass is 9.88. The third kappa shape index (κ3) is 3.38. The van der Waals surface area contributed by atoms with Crippen LogP contribution in [0.2, 0.25) is 5.02 Å². The number of likely N-dealkylation sites (tertiary alicyclic amines) is 1. The number of pyridine rings is 1. The van der Waals surface area contributed by atoms with Gasteiger partial charge in [-0.1, -0.05) is 29.3 Å². The zero-order valence-corrected chi connectivity index (χ0v) is 16.8. The lowest BCUT2D eigenvalue weighted by Crippen LogP contribution is -2.36. The van der Waals surface area contributed by atoms with Crippen LogP contribution in [0.15, 0.2) is 64.9 Å². The van der Waals surface area contributed by atoms with Gasteiger partial charge in [0.05, 0.1) is 12.0 Å². The van der Waals surface area contributed by atoms with Gasteiger partial charge in [-0.25, -0.2) is 0 Å². The van der Waals surface area contributed by atoms with Crippen LogP contribution >= 0.6 is 11.6 Å². The molecule has 1 aromatic carbocycles. The Morgan fingerprint density at radius 3 is 2.62 bits per heavy atom. The van der Waals surface area contributed by atoms with Crippen molar-refractivity contribution < 1.29 is 9.21 Å². The second-order valence-electron chi connectivity index (χ2n) is 7.56. The molecule has 0 spiro atoms. The van der Waals surface area contributed by atoms with Crippen LogP contribution in [0.1, 0.15) is 45.8 Å². The first-order valence-electron chi connectivity index (χ1n) is 9.98. The summed E-state index contributed by atoms with van der Waals surface area (Å²) in [6, 6.07) is 13.8. The van der Waals surface area contributed by atoms with Crippen molar-refractivity contribution in [2.45, 2.75) is 25.7 Å². The smallest absolute Gasteiger partial charge is 0.289 e. The van der Waals surface area contributed by atoms with Crippen LogP contribution in [0.25, 0.3) is 5.57 Å². The van der Waals surface area contributed by atoms with Gasteiger partial charge in [0.1, 0.15) is 0 Å². The lowest BCUT2D eigenvalue weighted by molar-refractivity contribution is 0.0711. The highest BCUT2D eigenvalue weighted by atomic mass is 35.5. The molecule has 4 nitrogen and oxygen atoms in total. The SMILES string of the molecule is O=C(c1ccco1)N1CCC(=C2c3ccc(Cl)cc3CCc3cccnc32)CC1. The number of hydrogen-bond acceptors (Lipinski definition) is 3. The van der Waals surface area contributed by atoms with Crippen LogP contribution in [0.5, 0.6) is 0 Å². The maximum Gasteiger partial charge on any atom is 0.289 e. The summed E-state index contributed by atoms with van der Waals surface area (Å²) in [7, 11) is 0. The molecule has 2 aromatic heterocycles. The number of hydrogen-bond donors (Lipinski definition) is 0. The van der Waals surface area contributed by atoms with Crippen molar-refractivity contribution in [2.24, 2.45) is 0 Å². The topological polar surface area (TPSA) is 46.3 Å². The first-order valence-corrected chi connectivity index (χ1v) is 10.4. The number of piperidine rings is 1. The predicted octanol–water partition coefficient (Wildman–Crippen LogP) is 5.16. The van der Waals surface area contributed by atoms with Gasteiger partial charge >= 0.3 is 0 Å². The molecule has 1 amide bonds. The second kappa shape index (κ2) is 7.53. The van der Waals surface area contributed by atoms with Crippen molar-refractivity contribution >= 4 is 23.1 Å². The highest BCUT2D eigenvalue weighted by Gasteiger charge is 2.27. The van der Waals surface area contributed by atoms with Gasteiger partial charge in [-0.2, -0.15) is 0 Å². The van der Waals surface area contributed by atoms with Crippen LogP contribution in [-0.2, 0) is 12.8 Å². The highest BCUT2D eigenvalue weighted by molar-refractivity contribution is 6.30. The van der Waals surface area contributed by atoms with Gasteiger partial charge in [0.2, 0.25) is 0 Å². The Balaban J connectivity index is 1.53. The van der Waals surface area contributed by atoms with E-state index in [9.17, 15) is 4.79 Å². The zero-order valence-electron chi connectivity index (χ0n) is 16.0. The molecular weight excluding hydrogens is 384 g/mol. The van der Waals surface area contributed by atoms with Crippen LogP contribution < -0.4 is 0 Å². The first-order chi connectivity index (χ1) is 14.2. The Labute approximate surface area is 174 Å². The Hall–Kier alpha value is -2.85. The molecule has 0 atom stereocenters. The molecule has 146 valence electrons. The monoisotopic (exact) mass is 404 g/mol. The molecule has 1 aliphatic carbocycles. The molecule has 3 heterocycles. The van der Waals surface area contributed by atoms with E-state index in [0.717, 1.165) is 36.4 Å². The van der Waals surface area contributed by atoms with Gasteiger partial charge in [-0.05, 0) is 72.7 Å². The largest absolute Gasteiger partial charge is 0.459 e. The van der Waals surface area contributed by atoms with Crippen LogP contribution in [0, 0.1) is 0 Å². The van der Waals surface area contributed by atoms with E-state index in [2.05, 4.69) is 18.2 Å². The number of aryl methyl sites for hydroxylation is 2. The van der Waals surface area contributed by atoms with E-state index in [1.165, 1.54) is 27.8 Å². The van der Waals surface area contributed by atoms with Gasteiger partial charge in [-0.3, -0.25) is 9.78 Å². The summed E-state index contributed by atoms with van der Waals surface area (Å²) in [5.41, 5.74) is 7.44. The van der Waals surface area contributed by atoms with Crippen LogP contribution in [-0.4, -0.2) is 28.9 Å². The number of carbonyl (C=O) groups excluding carboxylic acids is 1. The Kier molecular flexibility index (Phi) is 4.72. The van der Waals surface area contributed by atoms with Gasteiger partial charge in [0.15, 0.2) is 5.76 Å². The van der Waals surface area contributed by atoms with E-state index in [-0.39, 0.29) is 5.91 Å². The minimum absolute atomic E-state index is 0.0365. The Morgan fingerprint density at radius 1 is 1.00 bits per heavy atom. The number of nitrogens with zero attached hydrogens (tertiary/aromatic N) is 2. The molecule has 1 fully saturated rings. The van der Waals surface area contributed by atoms with Crippen LogP contribution in [0.3, 0.4) is 0 Å². The van der Waals surface area contributed by atoms with E-state index in [1.807, 2.05) is 23.2 Å². The van der Waals surface area contributed by atoms with Gasteiger partial charge in [-0.15, -0.1) is 0 Å². The molecule has 5 rings (SSSR count). The molecule has 0 unspecified atom stereocenters. The van der Waals surface area contributed by atoms with E-state index >= 15 is 0 Å². The number of benzene rings is 1. The molecule has 1 aliphatic heterocycles. The molecule has 3 aromatic rings. The Morgan fingerprint density at radius 2 is 1.83 bits per heavy atom. The van der Waals surface area contributed by atoms with E-state index in [0.29, 0.717) is 18.8 Å². The molecule has 29 heavy (non-hydrogen) atoms. The quantitative estimate of drug-likeness (QED) is 0.562. The highest BCUT2D eigenvalue weighted by Crippen LogP contribution is 2.38. The third-order valence-corrected chi connectivity index (χ3v) is 6.10. The zero-order chi connectivity index (χ0) is 19.8. The summed E-state index contributed by atoms with van der Waals surface area (Å²) in [6.45, 7) is 1.37. The van der Waals surface area contributed by atoms with E-state index < -0.39 is 0 Å². The maximum absolute atomic E-state index is 12.6. The summed E-state index contributed by atoms with van der Waals surface area (Å²) in [5.74, 6) is 0.369. The molecule has 5 heteroatoms. The minimum Gasteiger partial charge on any atom is -0.459 e. The Bertz CT molecular complexity index is 1090. The molecule has 0 saturated carbocycles. The van der Waals surface area contributed by atoms with Crippen molar-refractivity contribution in [3.63, 3.8) is 0 Å². The fourth-order valence-electron chi connectivity index (χ4n) is 4.42. The van der Waals surface area contributed by atoms with Gasteiger partial charge < -0.3 is 9.32 Å². The average molecular weight is 405 g/mol. The second-order valence-corrected chi connectivity index (χ2v) is 8.00. The standard InChI is InChI=1S/C24H21ClN2O2/c25-19-7-8-20-18(15-19)6-5-17-3-1-11-26-23(17)22(20)16-9-12-27(13-10-16)24(28)21-4-2-14-29-21/h1-4,7-8,11,14-15H,5-6,9-10,12-13H2. The van der Waals surface area contributed by atoms with Crippen molar-refractivity contribution in [3.05, 3.63) is 93.7 Å². The van der Waals surface area contributed by atoms with E-state index in [4.69, 9.17) is 21.0 Å². The lowest BCUT2D eigenvalue weighted by Gasteiger charge is -2.29. The number of furan rings is 1. The summed E-state index contributed by atoms with van der Waals surface area (Å²) >= 11 is 6.29. The van der Waals surface area contributed by atoms with E-state index in [1.54, 1.807) is 18.4 Å². The minimum atomic E-state index is -0.0365. The average Bonchev–Trinajstić information content (AvgIpc) is 3.24. The summed E-state index contributed by atoms with van der Waals surface area (Å²) in [4.78, 5) is 19.3. The molecule has 0 N–H and O–H groups in total. The van der Waals surface area contributed by atoms with Crippen LogP contribution in [0.4, 0.5) is 0 Å². The number of fused-ring (bicyclic) bond motifs is 2. The molecule has 2 aliphatic rings. The number of amides is 1. The van der Waals surface area contributed by atoms with Crippen molar-refractivity contribution in [1.82, 2.24) is 9.88 Å². The molecule has 0 radical (unpaired) electrons. The molecule has 1 saturated heterocycles. The number of rotatable bonds is 1. The molecule has 0 bridgehead atoms. The number of carbonyl (C=O) groups is 1. The maximum atomic E-state index is 12.6. The van der Waals surface area contributed by atoms with Crippen molar-refractivity contribution in [1.29, 1.82) is 0 Å².